The fourth-order valence-electron chi connectivity index (χ4n) is 0.703. The van der Waals surface area contributed by atoms with E-state index in [1.807, 2.05) is 0 Å². The summed E-state index contributed by atoms with van der Waals surface area (Å²) in [7, 11) is 1.68. The molecular weight excluding hydrogens is 140 g/mol. The van der Waals surface area contributed by atoms with Crippen LogP contribution in [0.1, 0.15) is 13.8 Å². The highest BCUT2D eigenvalue weighted by Gasteiger charge is 1.93. The smallest absolute Gasteiger partial charge is 0.0915 e. The van der Waals surface area contributed by atoms with E-state index in [2.05, 4.69) is 31.1 Å². The second kappa shape index (κ2) is 6.04. The van der Waals surface area contributed by atoms with E-state index in [1.54, 1.807) is 7.11 Å². The summed E-state index contributed by atoms with van der Waals surface area (Å²) in [5.41, 5.74) is 0. The summed E-state index contributed by atoms with van der Waals surface area (Å²) in [5, 5.41) is 6.22. The van der Waals surface area contributed by atoms with Gasteiger partial charge in [-0.2, -0.15) is 0 Å². The van der Waals surface area contributed by atoms with Crippen molar-refractivity contribution in [3.05, 3.63) is 12.4 Å². The lowest BCUT2D eigenvalue weighted by Gasteiger charge is -2.14. The Labute approximate surface area is 68.8 Å². The highest BCUT2D eigenvalue weighted by molar-refractivity contribution is 4.88. The van der Waals surface area contributed by atoms with Crippen molar-refractivity contribution in [3.63, 3.8) is 0 Å². The number of hydrogen-bond acceptors (Lipinski definition) is 3. The van der Waals surface area contributed by atoms with Crippen LogP contribution in [0, 0.1) is 0 Å². The summed E-state index contributed by atoms with van der Waals surface area (Å²) in [6.07, 6.45) is 0. The predicted octanol–water partition coefficient (Wildman–Crippen LogP) is 0.692. The molecule has 3 nitrogen and oxygen atoms in total. The predicted molar refractivity (Wildman–Crippen MR) is 47.3 cm³/mol. The largest absolute Gasteiger partial charge is 0.383 e. The molecule has 66 valence electrons. The molecule has 11 heavy (non-hydrogen) atoms. The van der Waals surface area contributed by atoms with Gasteiger partial charge in [0.25, 0.3) is 0 Å². The molecule has 0 bridgehead atoms. The molecule has 0 rings (SSSR count). The first-order valence-electron chi connectivity index (χ1n) is 3.85. The fraction of sp³-hybridized carbons (Fsp3) is 0.750. The quantitative estimate of drug-likeness (QED) is 0.558. The highest BCUT2D eigenvalue weighted by Crippen LogP contribution is 1.82. The molecule has 0 heterocycles. The first-order valence-corrected chi connectivity index (χ1v) is 3.85. The van der Waals surface area contributed by atoms with Gasteiger partial charge in [0.15, 0.2) is 0 Å². The molecule has 0 aliphatic heterocycles. The zero-order valence-electron chi connectivity index (χ0n) is 7.61. The van der Waals surface area contributed by atoms with Gasteiger partial charge in [-0.15, -0.1) is 0 Å². The SMILES string of the molecule is C=C(NCCOC)NC(C)C. The summed E-state index contributed by atoms with van der Waals surface area (Å²) in [6, 6.07) is 0.428. The minimum absolute atomic E-state index is 0.428. The van der Waals surface area contributed by atoms with Crippen molar-refractivity contribution < 1.29 is 4.74 Å². The Morgan fingerprint density at radius 1 is 1.55 bits per heavy atom. The average molecular weight is 158 g/mol. The fourth-order valence-corrected chi connectivity index (χ4v) is 0.703. The molecule has 0 saturated carbocycles. The van der Waals surface area contributed by atoms with Crippen molar-refractivity contribution in [2.75, 3.05) is 20.3 Å². The van der Waals surface area contributed by atoms with Gasteiger partial charge >= 0.3 is 0 Å². The maximum Gasteiger partial charge on any atom is 0.0915 e. The van der Waals surface area contributed by atoms with Gasteiger partial charge in [0.05, 0.1) is 12.4 Å². The van der Waals surface area contributed by atoms with E-state index >= 15 is 0 Å². The third-order valence-corrected chi connectivity index (χ3v) is 1.11. The monoisotopic (exact) mass is 158 g/mol. The van der Waals surface area contributed by atoms with Crippen molar-refractivity contribution in [2.45, 2.75) is 19.9 Å². The van der Waals surface area contributed by atoms with Crippen LogP contribution < -0.4 is 10.6 Å². The van der Waals surface area contributed by atoms with Crippen LogP contribution in [-0.2, 0) is 4.74 Å². The van der Waals surface area contributed by atoms with Crippen molar-refractivity contribution in [1.29, 1.82) is 0 Å². The molecule has 3 heteroatoms. The summed E-state index contributed by atoms with van der Waals surface area (Å²) in [5.74, 6) is 0.858. The van der Waals surface area contributed by atoms with Gasteiger partial charge in [-0.1, -0.05) is 6.58 Å². The first kappa shape index (κ1) is 10.3. The number of ether oxygens (including phenoxy) is 1. The maximum absolute atomic E-state index is 4.87. The molecule has 2 N–H and O–H groups in total. The first-order chi connectivity index (χ1) is 5.16. The lowest BCUT2D eigenvalue weighted by molar-refractivity contribution is 0.201. The Kier molecular flexibility index (Phi) is 5.65. The molecule has 0 aromatic rings. The summed E-state index contributed by atoms with van der Waals surface area (Å²) in [4.78, 5) is 0. The molecule has 0 spiro atoms. The lowest BCUT2D eigenvalue weighted by atomic mass is 10.4. The van der Waals surface area contributed by atoms with Gasteiger partial charge < -0.3 is 15.4 Å². The van der Waals surface area contributed by atoms with Crippen LogP contribution in [0.15, 0.2) is 12.4 Å². The Balaban J connectivity index is 3.23. The topological polar surface area (TPSA) is 33.3 Å². The number of rotatable bonds is 6. The van der Waals surface area contributed by atoms with Crippen molar-refractivity contribution in [2.24, 2.45) is 0 Å². The minimum atomic E-state index is 0.428. The summed E-state index contributed by atoms with van der Waals surface area (Å²) in [6.45, 7) is 9.44. The van der Waals surface area contributed by atoms with Gasteiger partial charge in [-0.05, 0) is 13.8 Å². The van der Waals surface area contributed by atoms with E-state index in [4.69, 9.17) is 4.74 Å². The highest BCUT2D eigenvalue weighted by atomic mass is 16.5. The molecule has 0 unspecified atom stereocenters. The second-order valence-corrected chi connectivity index (χ2v) is 2.70. The van der Waals surface area contributed by atoms with Crippen molar-refractivity contribution >= 4 is 0 Å². The number of methoxy groups -OCH3 is 1. The van der Waals surface area contributed by atoms with Gasteiger partial charge in [-0.3, -0.25) is 0 Å². The Morgan fingerprint density at radius 2 is 2.18 bits per heavy atom. The van der Waals surface area contributed by atoms with Crippen molar-refractivity contribution in [3.8, 4) is 0 Å². The van der Waals surface area contributed by atoms with Crippen LogP contribution in [0.5, 0.6) is 0 Å². The normalized spacial score (nSPS) is 9.82. The summed E-state index contributed by atoms with van der Waals surface area (Å²) < 4.78 is 4.87. The molecule has 0 radical (unpaired) electrons. The van der Waals surface area contributed by atoms with Gasteiger partial charge in [0, 0.05) is 19.7 Å². The minimum Gasteiger partial charge on any atom is -0.383 e. The third-order valence-electron chi connectivity index (χ3n) is 1.11. The van der Waals surface area contributed by atoms with E-state index in [0.29, 0.717) is 12.6 Å². The third kappa shape index (κ3) is 7.19. The molecule has 0 saturated heterocycles. The van der Waals surface area contributed by atoms with Crippen LogP contribution in [0.3, 0.4) is 0 Å². The van der Waals surface area contributed by atoms with Crippen LogP contribution in [0.2, 0.25) is 0 Å². The Bertz CT molecular complexity index is 113. The van der Waals surface area contributed by atoms with Crippen molar-refractivity contribution in [1.82, 2.24) is 10.6 Å². The summed E-state index contributed by atoms with van der Waals surface area (Å²) >= 11 is 0. The molecule has 0 aliphatic carbocycles. The average Bonchev–Trinajstić information content (AvgIpc) is 1.86. The standard InChI is InChI=1S/C8H18N2O/c1-7(2)10-8(3)9-5-6-11-4/h7,9-10H,3,5-6H2,1-2,4H3. The lowest BCUT2D eigenvalue weighted by Crippen LogP contribution is -2.32. The molecule has 0 atom stereocenters. The molecule has 0 aromatic heterocycles. The van der Waals surface area contributed by atoms with Crippen LogP contribution in [0.4, 0.5) is 0 Å². The molecule has 0 fully saturated rings. The van der Waals surface area contributed by atoms with Gasteiger partial charge in [0.2, 0.25) is 0 Å². The van der Waals surface area contributed by atoms with E-state index in [0.717, 1.165) is 12.4 Å². The van der Waals surface area contributed by atoms with E-state index in [9.17, 15) is 0 Å². The number of hydrogen-bond donors (Lipinski definition) is 2. The Hall–Kier alpha value is -0.700. The van der Waals surface area contributed by atoms with Crippen LogP contribution in [-0.4, -0.2) is 26.3 Å². The molecule has 0 aromatic carbocycles. The molecule has 0 aliphatic rings. The zero-order chi connectivity index (χ0) is 8.69. The van der Waals surface area contributed by atoms with E-state index < -0.39 is 0 Å². The van der Waals surface area contributed by atoms with Crippen LogP contribution in [0.25, 0.3) is 0 Å². The zero-order valence-corrected chi connectivity index (χ0v) is 7.61. The van der Waals surface area contributed by atoms with Crippen LogP contribution >= 0.6 is 0 Å². The Morgan fingerprint density at radius 3 is 2.64 bits per heavy atom. The van der Waals surface area contributed by atoms with Gasteiger partial charge in [-0.25, -0.2) is 0 Å². The molecular formula is C8H18N2O. The van der Waals surface area contributed by atoms with Gasteiger partial charge in [0.1, 0.15) is 0 Å². The second-order valence-electron chi connectivity index (χ2n) is 2.70. The maximum atomic E-state index is 4.87. The molecule has 0 amide bonds. The van der Waals surface area contributed by atoms with E-state index in [-0.39, 0.29) is 0 Å². The van der Waals surface area contributed by atoms with E-state index in [1.165, 1.54) is 0 Å². The number of nitrogens with one attached hydrogen (secondary N) is 2.